The fraction of sp³-hybridized carbons (Fsp3) is 0.350. The molecule has 0 aliphatic carbocycles. The van der Waals surface area contributed by atoms with Crippen molar-refractivity contribution in [3.63, 3.8) is 0 Å². The zero-order chi connectivity index (χ0) is 20.3. The van der Waals surface area contributed by atoms with Gasteiger partial charge in [0.25, 0.3) is 0 Å². The van der Waals surface area contributed by atoms with Gasteiger partial charge in [-0.3, -0.25) is 0 Å². The third-order valence-corrected chi connectivity index (χ3v) is 4.87. The molecule has 0 aromatic heterocycles. The van der Waals surface area contributed by atoms with E-state index in [9.17, 15) is 23.1 Å². The quantitative estimate of drug-likeness (QED) is 0.829. The standard InChI is InChI=1S/C20H22F3N3O2/c1-14(15-6-8-16(9-7-15)20(21,22)23)24-19(28)26-12-10-25(11-13-26)17-4-2-3-5-18(17)27/h2-9,14,27H,10-13H2,1H3,(H,24,28). The zero-order valence-corrected chi connectivity index (χ0v) is 15.4. The average Bonchev–Trinajstić information content (AvgIpc) is 2.68. The number of amides is 2. The van der Waals surface area contributed by atoms with Gasteiger partial charge in [-0.1, -0.05) is 24.3 Å². The van der Waals surface area contributed by atoms with Gasteiger partial charge in [0.2, 0.25) is 0 Å². The molecular weight excluding hydrogens is 371 g/mol. The summed E-state index contributed by atoms with van der Waals surface area (Å²) in [5.74, 6) is 0.205. The lowest BCUT2D eigenvalue weighted by Gasteiger charge is -2.36. The van der Waals surface area contributed by atoms with Crippen LogP contribution in [0.4, 0.5) is 23.7 Å². The van der Waals surface area contributed by atoms with Crippen molar-refractivity contribution in [3.8, 4) is 5.75 Å². The van der Waals surface area contributed by atoms with Crippen molar-refractivity contribution in [3.05, 3.63) is 59.7 Å². The Hall–Kier alpha value is -2.90. The number of para-hydroxylation sites is 2. The first-order valence-electron chi connectivity index (χ1n) is 9.01. The molecule has 0 radical (unpaired) electrons. The molecule has 2 N–H and O–H groups in total. The minimum absolute atomic E-state index is 0.205. The van der Waals surface area contributed by atoms with E-state index >= 15 is 0 Å². The van der Waals surface area contributed by atoms with E-state index < -0.39 is 17.8 Å². The van der Waals surface area contributed by atoms with Gasteiger partial charge < -0.3 is 20.2 Å². The molecule has 0 bridgehead atoms. The first kappa shape index (κ1) is 19.9. The minimum Gasteiger partial charge on any atom is -0.506 e. The summed E-state index contributed by atoms with van der Waals surface area (Å²) in [5, 5.41) is 12.8. The van der Waals surface area contributed by atoms with Crippen LogP contribution in [0.2, 0.25) is 0 Å². The highest BCUT2D eigenvalue weighted by Crippen LogP contribution is 2.30. The molecule has 1 atom stereocenters. The normalized spacial score (nSPS) is 16.0. The maximum atomic E-state index is 12.7. The number of rotatable bonds is 3. The molecule has 0 saturated carbocycles. The van der Waals surface area contributed by atoms with Crippen LogP contribution in [0.15, 0.2) is 48.5 Å². The number of nitrogens with zero attached hydrogens (tertiary/aromatic N) is 2. The molecule has 2 aromatic rings. The van der Waals surface area contributed by atoms with Gasteiger partial charge in [-0.2, -0.15) is 13.2 Å². The van der Waals surface area contributed by atoms with Crippen LogP contribution < -0.4 is 10.2 Å². The molecule has 8 heteroatoms. The van der Waals surface area contributed by atoms with Crippen LogP contribution in [-0.4, -0.2) is 42.2 Å². The number of urea groups is 1. The molecular formula is C20H22F3N3O2. The SMILES string of the molecule is CC(NC(=O)N1CCN(c2ccccc2O)CC1)c1ccc(C(F)(F)F)cc1. The van der Waals surface area contributed by atoms with E-state index in [-0.39, 0.29) is 11.8 Å². The largest absolute Gasteiger partial charge is 0.506 e. The Labute approximate surface area is 161 Å². The summed E-state index contributed by atoms with van der Waals surface area (Å²) in [7, 11) is 0. The number of aromatic hydroxyl groups is 1. The van der Waals surface area contributed by atoms with Crippen LogP contribution in [0.1, 0.15) is 24.1 Å². The van der Waals surface area contributed by atoms with Crippen LogP contribution in [0, 0.1) is 0 Å². The van der Waals surface area contributed by atoms with Gasteiger partial charge in [-0.05, 0) is 36.8 Å². The monoisotopic (exact) mass is 393 g/mol. The predicted octanol–water partition coefficient (Wildman–Crippen LogP) is 4.00. The van der Waals surface area contributed by atoms with Crippen molar-refractivity contribution in [1.82, 2.24) is 10.2 Å². The van der Waals surface area contributed by atoms with Gasteiger partial charge in [-0.25, -0.2) is 4.79 Å². The van der Waals surface area contributed by atoms with Crippen LogP contribution in [0.3, 0.4) is 0 Å². The van der Waals surface area contributed by atoms with Gasteiger partial charge in [0.15, 0.2) is 0 Å². The van der Waals surface area contributed by atoms with Gasteiger partial charge in [0.1, 0.15) is 5.75 Å². The lowest BCUT2D eigenvalue weighted by atomic mass is 10.1. The molecule has 3 rings (SSSR count). The van der Waals surface area contributed by atoms with E-state index in [0.29, 0.717) is 31.7 Å². The van der Waals surface area contributed by atoms with Crippen molar-refractivity contribution in [1.29, 1.82) is 0 Å². The Morgan fingerprint density at radius 2 is 1.64 bits per heavy atom. The summed E-state index contributed by atoms with van der Waals surface area (Å²) < 4.78 is 38.0. The zero-order valence-electron chi connectivity index (χ0n) is 15.4. The topological polar surface area (TPSA) is 55.8 Å². The molecule has 0 spiro atoms. The first-order chi connectivity index (χ1) is 13.3. The van der Waals surface area contributed by atoms with Gasteiger partial charge in [0.05, 0.1) is 17.3 Å². The number of phenolic OH excluding ortho intramolecular Hbond substituents is 1. The molecule has 1 heterocycles. The number of halogens is 3. The van der Waals surface area contributed by atoms with Crippen molar-refractivity contribution < 1.29 is 23.1 Å². The van der Waals surface area contributed by atoms with Crippen LogP contribution >= 0.6 is 0 Å². The average molecular weight is 393 g/mol. The third-order valence-electron chi connectivity index (χ3n) is 4.87. The lowest BCUT2D eigenvalue weighted by Crippen LogP contribution is -2.52. The molecule has 2 amide bonds. The summed E-state index contributed by atoms with van der Waals surface area (Å²) in [6.07, 6.45) is -4.38. The van der Waals surface area contributed by atoms with E-state index in [1.165, 1.54) is 12.1 Å². The van der Waals surface area contributed by atoms with E-state index in [1.807, 2.05) is 17.0 Å². The Morgan fingerprint density at radius 1 is 1.04 bits per heavy atom. The second kappa shape index (κ2) is 8.00. The molecule has 1 aliphatic heterocycles. The number of piperazine rings is 1. The highest BCUT2D eigenvalue weighted by atomic mass is 19.4. The second-order valence-electron chi connectivity index (χ2n) is 6.75. The van der Waals surface area contributed by atoms with E-state index in [2.05, 4.69) is 5.32 Å². The summed E-state index contributed by atoms with van der Waals surface area (Å²) in [6, 6.07) is 11.2. The Bertz CT molecular complexity index is 816. The summed E-state index contributed by atoms with van der Waals surface area (Å²) >= 11 is 0. The summed E-state index contributed by atoms with van der Waals surface area (Å²) in [5.41, 5.74) is 0.630. The molecule has 2 aromatic carbocycles. The Kier molecular flexibility index (Phi) is 5.67. The van der Waals surface area contributed by atoms with Crippen LogP contribution in [-0.2, 0) is 6.18 Å². The van der Waals surface area contributed by atoms with Crippen molar-refractivity contribution in [2.45, 2.75) is 19.1 Å². The lowest BCUT2D eigenvalue weighted by molar-refractivity contribution is -0.137. The van der Waals surface area contributed by atoms with Crippen molar-refractivity contribution >= 4 is 11.7 Å². The first-order valence-corrected chi connectivity index (χ1v) is 9.01. The van der Waals surface area contributed by atoms with Gasteiger partial charge >= 0.3 is 12.2 Å². The van der Waals surface area contributed by atoms with Gasteiger partial charge in [-0.15, -0.1) is 0 Å². The van der Waals surface area contributed by atoms with Crippen molar-refractivity contribution in [2.75, 3.05) is 31.1 Å². The number of phenols is 1. The molecule has 28 heavy (non-hydrogen) atoms. The maximum Gasteiger partial charge on any atom is 0.416 e. The molecule has 1 fully saturated rings. The van der Waals surface area contributed by atoms with E-state index in [1.54, 1.807) is 24.0 Å². The number of nitrogens with one attached hydrogen (secondary N) is 1. The Morgan fingerprint density at radius 3 is 2.21 bits per heavy atom. The number of hydrogen-bond acceptors (Lipinski definition) is 3. The fourth-order valence-electron chi connectivity index (χ4n) is 3.20. The highest BCUT2D eigenvalue weighted by Gasteiger charge is 2.30. The summed E-state index contributed by atoms with van der Waals surface area (Å²) in [4.78, 5) is 16.2. The van der Waals surface area contributed by atoms with Crippen LogP contribution in [0.25, 0.3) is 0 Å². The van der Waals surface area contributed by atoms with Crippen molar-refractivity contribution in [2.24, 2.45) is 0 Å². The fourth-order valence-corrected chi connectivity index (χ4v) is 3.20. The number of carbonyl (C=O) groups excluding carboxylic acids is 1. The number of alkyl halides is 3. The molecule has 1 unspecified atom stereocenters. The number of hydrogen-bond donors (Lipinski definition) is 2. The molecule has 5 nitrogen and oxygen atoms in total. The number of anilines is 1. The van der Waals surface area contributed by atoms with E-state index in [0.717, 1.165) is 17.8 Å². The smallest absolute Gasteiger partial charge is 0.416 e. The third kappa shape index (κ3) is 4.49. The van der Waals surface area contributed by atoms with Crippen LogP contribution in [0.5, 0.6) is 5.75 Å². The maximum absolute atomic E-state index is 12.7. The minimum atomic E-state index is -4.38. The number of benzene rings is 2. The highest BCUT2D eigenvalue weighted by molar-refractivity contribution is 5.75. The molecule has 1 saturated heterocycles. The number of carbonyl (C=O) groups is 1. The Balaban J connectivity index is 1.55. The van der Waals surface area contributed by atoms with Gasteiger partial charge in [0, 0.05) is 26.2 Å². The van der Waals surface area contributed by atoms with E-state index in [4.69, 9.17) is 0 Å². The molecule has 150 valence electrons. The molecule has 1 aliphatic rings. The predicted molar refractivity (Wildman–Crippen MR) is 100 cm³/mol. The second-order valence-corrected chi connectivity index (χ2v) is 6.75. The summed E-state index contributed by atoms with van der Waals surface area (Å²) in [6.45, 7) is 3.87.